The molecule has 1 aromatic rings. The molecule has 1 aromatic carbocycles. The van der Waals surface area contributed by atoms with Crippen molar-refractivity contribution in [3.63, 3.8) is 0 Å². The average molecular weight is 381 g/mol. The summed E-state index contributed by atoms with van der Waals surface area (Å²) in [5.41, 5.74) is 0.787. The largest absolute Gasteiger partial charge is 0.506 e. The third kappa shape index (κ3) is 5.51. The predicted octanol–water partition coefficient (Wildman–Crippen LogP) is 5.31. The van der Waals surface area contributed by atoms with Crippen LogP contribution in [0.1, 0.15) is 52.0 Å². The first-order valence-corrected chi connectivity index (χ1v) is 9.89. The van der Waals surface area contributed by atoms with Crippen molar-refractivity contribution in [2.75, 3.05) is 6.54 Å². The van der Waals surface area contributed by atoms with Crippen molar-refractivity contribution in [3.05, 3.63) is 33.7 Å². The molecule has 1 heterocycles. The summed E-state index contributed by atoms with van der Waals surface area (Å²) in [5.74, 6) is 0.0268. The van der Waals surface area contributed by atoms with E-state index in [0.29, 0.717) is 11.4 Å². The van der Waals surface area contributed by atoms with Gasteiger partial charge in [0.2, 0.25) is 0 Å². The molecule has 2 rings (SSSR count). The van der Waals surface area contributed by atoms with E-state index in [0.717, 1.165) is 23.6 Å². The number of hydrogen-bond donors (Lipinski definition) is 1. The number of carbonyl (C=O) groups excluding carboxylic acids is 1. The summed E-state index contributed by atoms with van der Waals surface area (Å²) in [6.07, 6.45) is 6.26. The highest BCUT2D eigenvalue weighted by atomic mass is 35.5. The highest BCUT2D eigenvalue weighted by Gasteiger charge is 2.32. The summed E-state index contributed by atoms with van der Waals surface area (Å²) in [6.45, 7) is 6.89. The number of aromatic hydroxyl groups is 1. The number of unbranched alkanes of at least 4 members (excludes halogenated alkanes) is 3. The van der Waals surface area contributed by atoms with Gasteiger partial charge in [-0.25, -0.2) is 0 Å². The summed E-state index contributed by atoms with van der Waals surface area (Å²) in [6, 6.07) is 5.06. The van der Waals surface area contributed by atoms with Gasteiger partial charge in [0.05, 0.1) is 9.93 Å². The van der Waals surface area contributed by atoms with E-state index >= 15 is 0 Å². The number of benzene rings is 1. The van der Waals surface area contributed by atoms with Crippen LogP contribution in [0, 0.1) is 0 Å². The quantitative estimate of drug-likeness (QED) is 0.515. The van der Waals surface area contributed by atoms with Gasteiger partial charge in [-0.3, -0.25) is 14.7 Å². The van der Waals surface area contributed by atoms with Crippen LogP contribution in [0.4, 0.5) is 0 Å². The lowest BCUT2D eigenvalue weighted by Gasteiger charge is -2.16. The summed E-state index contributed by atoms with van der Waals surface area (Å²) >= 11 is 7.36. The molecule has 0 spiro atoms. The van der Waals surface area contributed by atoms with Crippen LogP contribution >= 0.6 is 23.4 Å². The number of amidine groups is 1. The van der Waals surface area contributed by atoms with Crippen LogP contribution in [0.15, 0.2) is 28.1 Å². The van der Waals surface area contributed by atoms with Gasteiger partial charge in [0, 0.05) is 12.6 Å². The number of amides is 1. The highest BCUT2D eigenvalue weighted by Crippen LogP contribution is 2.34. The molecule has 1 fully saturated rings. The van der Waals surface area contributed by atoms with Gasteiger partial charge in [-0.2, -0.15) is 0 Å². The smallest absolute Gasteiger partial charge is 0.266 e. The Morgan fingerprint density at radius 1 is 1.32 bits per heavy atom. The van der Waals surface area contributed by atoms with Crippen LogP contribution in [0.25, 0.3) is 6.08 Å². The summed E-state index contributed by atoms with van der Waals surface area (Å²) < 4.78 is 0. The minimum absolute atomic E-state index is 0.00917. The molecule has 0 aliphatic carbocycles. The van der Waals surface area contributed by atoms with Crippen LogP contribution < -0.4 is 0 Å². The molecule has 1 amide bonds. The topological polar surface area (TPSA) is 52.9 Å². The number of aliphatic imine (C=N–C) groups is 1. The van der Waals surface area contributed by atoms with Crippen LogP contribution in [-0.4, -0.2) is 33.7 Å². The zero-order chi connectivity index (χ0) is 18.4. The second-order valence-electron chi connectivity index (χ2n) is 6.34. The highest BCUT2D eigenvalue weighted by molar-refractivity contribution is 8.18. The van der Waals surface area contributed by atoms with E-state index in [4.69, 9.17) is 11.6 Å². The molecular weight excluding hydrogens is 356 g/mol. The van der Waals surface area contributed by atoms with Gasteiger partial charge in [-0.15, -0.1) is 0 Å². The van der Waals surface area contributed by atoms with E-state index in [2.05, 4.69) is 11.9 Å². The van der Waals surface area contributed by atoms with E-state index in [1.54, 1.807) is 23.1 Å². The Labute approximate surface area is 159 Å². The average Bonchev–Trinajstić information content (AvgIpc) is 2.83. The zero-order valence-electron chi connectivity index (χ0n) is 15.0. The van der Waals surface area contributed by atoms with E-state index in [-0.39, 0.29) is 22.7 Å². The van der Waals surface area contributed by atoms with Crippen LogP contribution in [0.3, 0.4) is 0 Å². The van der Waals surface area contributed by atoms with Gasteiger partial charge < -0.3 is 5.11 Å². The fourth-order valence-electron chi connectivity index (χ4n) is 2.48. The first-order valence-electron chi connectivity index (χ1n) is 8.70. The van der Waals surface area contributed by atoms with Crippen LogP contribution in [-0.2, 0) is 4.79 Å². The molecule has 0 aromatic heterocycles. The molecule has 0 saturated carbocycles. The molecule has 1 saturated heterocycles. The van der Waals surface area contributed by atoms with E-state index in [1.165, 1.54) is 30.7 Å². The zero-order valence-corrected chi connectivity index (χ0v) is 16.5. The lowest BCUT2D eigenvalue weighted by molar-refractivity contribution is -0.122. The molecule has 0 unspecified atom stereocenters. The number of nitrogens with zero attached hydrogens (tertiary/aromatic N) is 2. The SMILES string of the molecule is CCCCCCN1C(=O)/C(=C/c2ccc(O)c(Cl)c2)SC1=NC(C)C. The van der Waals surface area contributed by atoms with Crippen molar-refractivity contribution in [1.82, 2.24) is 4.90 Å². The molecule has 0 bridgehead atoms. The Morgan fingerprint density at radius 3 is 2.72 bits per heavy atom. The maximum absolute atomic E-state index is 12.8. The van der Waals surface area contributed by atoms with Gasteiger partial charge >= 0.3 is 0 Å². The third-order valence-corrected chi connectivity index (χ3v) is 5.08. The molecule has 1 aliphatic rings. The van der Waals surface area contributed by atoms with Crippen molar-refractivity contribution < 1.29 is 9.90 Å². The van der Waals surface area contributed by atoms with E-state index in [1.807, 2.05) is 13.8 Å². The maximum atomic E-state index is 12.8. The molecular formula is C19H25ClN2O2S. The van der Waals surface area contributed by atoms with Crippen LogP contribution in [0.5, 0.6) is 5.75 Å². The van der Waals surface area contributed by atoms with E-state index in [9.17, 15) is 9.90 Å². The van der Waals surface area contributed by atoms with Gasteiger partial charge in [0.1, 0.15) is 5.75 Å². The molecule has 0 radical (unpaired) electrons. The fourth-order valence-corrected chi connectivity index (χ4v) is 3.81. The monoisotopic (exact) mass is 380 g/mol. The van der Waals surface area contributed by atoms with Crippen molar-refractivity contribution in [2.45, 2.75) is 52.5 Å². The number of carbonyl (C=O) groups is 1. The molecule has 6 heteroatoms. The van der Waals surface area contributed by atoms with Crippen molar-refractivity contribution in [2.24, 2.45) is 4.99 Å². The van der Waals surface area contributed by atoms with Crippen molar-refractivity contribution in [1.29, 1.82) is 0 Å². The maximum Gasteiger partial charge on any atom is 0.266 e. The molecule has 4 nitrogen and oxygen atoms in total. The number of rotatable bonds is 7. The predicted molar refractivity (Wildman–Crippen MR) is 107 cm³/mol. The van der Waals surface area contributed by atoms with Crippen molar-refractivity contribution in [3.8, 4) is 5.75 Å². The number of halogens is 1. The summed E-state index contributed by atoms with van der Waals surface area (Å²) in [4.78, 5) is 19.8. The van der Waals surface area contributed by atoms with Gasteiger partial charge in [-0.1, -0.05) is 43.9 Å². The first kappa shape index (κ1) is 19.9. The molecule has 1 aliphatic heterocycles. The fraction of sp³-hybridized carbons (Fsp3) is 0.474. The Kier molecular flexibility index (Phi) is 7.38. The Morgan fingerprint density at radius 2 is 2.08 bits per heavy atom. The van der Waals surface area contributed by atoms with E-state index < -0.39 is 0 Å². The number of thioether (sulfide) groups is 1. The Bertz CT molecular complexity index is 686. The van der Waals surface area contributed by atoms with Crippen molar-refractivity contribution >= 4 is 40.5 Å². The van der Waals surface area contributed by atoms with Gasteiger partial charge in [0.25, 0.3) is 5.91 Å². The minimum Gasteiger partial charge on any atom is -0.506 e. The minimum atomic E-state index is -0.00917. The summed E-state index contributed by atoms with van der Waals surface area (Å²) in [5, 5.41) is 10.6. The van der Waals surface area contributed by atoms with Gasteiger partial charge in [-0.05, 0) is 55.8 Å². The van der Waals surface area contributed by atoms with Crippen LogP contribution in [0.2, 0.25) is 5.02 Å². The lowest BCUT2D eigenvalue weighted by atomic mass is 10.2. The molecule has 136 valence electrons. The normalized spacial score (nSPS) is 18.1. The van der Waals surface area contributed by atoms with Gasteiger partial charge in [0.15, 0.2) is 5.17 Å². The third-order valence-electron chi connectivity index (χ3n) is 3.76. The lowest BCUT2D eigenvalue weighted by Crippen LogP contribution is -2.30. The standard InChI is InChI=1S/C19H25ClN2O2S/c1-4-5-6-7-10-22-18(24)17(25-19(22)21-13(2)3)12-14-8-9-16(23)15(20)11-14/h8-9,11-13,23H,4-7,10H2,1-3H3/b17-12-,21-19?. The molecule has 1 N–H and O–H groups in total. The Balaban J connectivity index is 2.21. The summed E-state index contributed by atoms with van der Waals surface area (Å²) in [7, 11) is 0. The number of phenols is 1. The Hall–Kier alpha value is -1.46. The second kappa shape index (κ2) is 9.30. The number of phenolic OH excluding ortho intramolecular Hbond substituents is 1. The molecule has 0 atom stereocenters. The molecule has 25 heavy (non-hydrogen) atoms. The second-order valence-corrected chi connectivity index (χ2v) is 7.76. The first-order chi connectivity index (χ1) is 11.9. The number of hydrogen-bond acceptors (Lipinski definition) is 4.